The van der Waals surface area contributed by atoms with Crippen LogP contribution in [0.4, 0.5) is 5.82 Å². The number of aryl methyl sites for hydroxylation is 3. The molecule has 4 nitrogen and oxygen atoms in total. The highest BCUT2D eigenvalue weighted by Crippen LogP contribution is 2.28. The van der Waals surface area contributed by atoms with Gasteiger partial charge in [0.2, 0.25) is 0 Å². The van der Waals surface area contributed by atoms with Gasteiger partial charge in [-0.2, -0.15) is 0 Å². The number of nitrogens with zero attached hydrogens (tertiary/aromatic N) is 2. The van der Waals surface area contributed by atoms with Gasteiger partial charge in [0, 0.05) is 17.0 Å². The third-order valence-corrected chi connectivity index (χ3v) is 4.86. The number of hydrogen-bond acceptors (Lipinski definition) is 4. The molecular formula is C24H23N3O. The molecule has 0 atom stereocenters. The van der Waals surface area contributed by atoms with Crippen LogP contribution in [0, 0.1) is 6.92 Å². The lowest BCUT2D eigenvalue weighted by Crippen LogP contribution is -1.98. The number of ether oxygens (including phenoxy) is 1. The topological polar surface area (TPSA) is 61.0 Å². The fraction of sp³-hybridized carbons (Fsp3) is 0.167. The number of nitrogen functional groups attached to an aromatic ring is 1. The molecule has 0 radical (unpaired) electrons. The van der Waals surface area contributed by atoms with Crippen LogP contribution < -0.4 is 10.5 Å². The maximum absolute atomic E-state index is 6.14. The van der Waals surface area contributed by atoms with Gasteiger partial charge in [-0.05, 0) is 60.7 Å². The van der Waals surface area contributed by atoms with Crippen molar-refractivity contribution in [1.82, 2.24) is 9.97 Å². The average Bonchev–Trinajstić information content (AvgIpc) is 2.71. The number of hydrogen-bond donors (Lipinski definition) is 1. The van der Waals surface area contributed by atoms with Gasteiger partial charge in [0.15, 0.2) is 5.82 Å². The molecule has 2 heterocycles. The Bertz CT molecular complexity index is 1150. The molecule has 2 N–H and O–H groups in total. The second-order valence-corrected chi connectivity index (χ2v) is 7.00. The van der Waals surface area contributed by atoms with Crippen molar-refractivity contribution in [1.29, 1.82) is 0 Å². The molecule has 0 fully saturated rings. The smallest absolute Gasteiger partial charge is 0.150 e. The Labute approximate surface area is 164 Å². The van der Waals surface area contributed by atoms with Gasteiger partial charge in [-0.1, -0.05) is 36.9 Å². The lowest BCUT2D eigenvalue weighted by Gasteiger charge is -2.09. The van der Waals surface area contributed by atoms with E-state index in [9.17, 15) is 0 Å². The highest BCUT2D eigenvalue weighted by atomic mass is 16.5. The van der Waals surface area contributed by atoms with Crippen LogP contribution in [0.25, 0.3) is 21.8 Å². The average molecular weight is 369 g/mol. The van der Waals surface area contributed by atoms with E-state index in [2.05, 4.69) is 59.9 Å². The molecule has 0 saturated carbocycles. The summed E-state index contributed by atoms with van der Waals surface area (Å²) in [6.07, 6.45) is 5.49. The molecule has 0 bridgehead atoms. The molecule has 4 aromatic rings. The van der Waals surface area contributed by atoms with Crippen LogP contribution in [0.5, 0.6) is 5.75 Å². The standard InChI is InChI=1S/C24H23N3O/c1-3-12-28-19-9-7-17(8-10-19)5-6-18-14-21-20-11-4-16(2)13-22(20)27-24(25)23(21)26-15-18/h3-4,7-11,13-15H,1,5-6,12H2,2H3,(H2,25,27). The monoisotopic (exact) mass is 369 g/mol. The molecular weight excluding hydrogens is 346 g/mol. The normalized spacial score (nSPS) is 11.0. The molecule has 2 aromatic carbocycles. The molecule has 0 aliphatic heterocycles. The van der Waals surface area contributed by atoms with E-state index < -0.39 is 0 Å². The summed E-state index contributed by atoms with van der Waals surface area (Å²) >= 11 is 0. The van der Waals surface area contributed by atoms with Crippen LogP contribution in [-0.2, 0) is 12.8 Å². The summed E-state index contributed by atoms with van der Waals surface area (Å²) in [5.74, 6) is 1.34. The second-order valence-electron chi connectivity index (χ2n) is 7.00. The van der Waals surface area contributed by atoms with Crippen molar-refractivity contribution in [3.8, 4) is 5.75 Å². The molecule has 0 aliphatic carbocycles. The summed E-state index contributed by atoms with van der Waals surface area (Å²) < 4.78 is 5.54. The van der Waals surface area contributed by atoms with Gasteiger partial charge in [-0.3, -0.25) is 4.98 Å². The number of rotatable bonds is 6. The van der Waals surface area contributed by atoms with Gasteiger partial charge in [0.1, 0.15) is 17.9 Å². The number of aromatic nitrogens is 2. The Morgan fingerprint density at radius 3 is 2.57 bits per heavy atom. The molecule has 140 valence electrons. The summed E-state index contributed by atoms with van der Waals surface area (Å²) in [7, 11) is 0. The number of fused-ring (bicyclic) bond motifs is 3. The van der Waals surface area contributed by atoms with Gasteiger partial charge in [0.25, 0.3) is 0 Å². The molecule has 4 rings (SSSR count). The zero-order valence-corrected chi connectivity index (χ0v) is 16.0. The van der Waals surface area contributed by atoms with Crippen LogP contribution in [0.3, 0.4) is 0 Å². The summed E-state index contributed by atoms with van der Waals surface area (Å²) in [5.41, 5.74) is 11.4. The Kier molecular flexibility index (Phi) is 4.94. The van der Waals surface area contributed by atoms with Crippen molar-refractivity contribution in [2.24, 2.45) is 0 Å². The van der Waals surface area contributed by atoms with E-state index in [-0.39, 0.29) is 0 Å². The molecule has 0 aliphatic rings. The van der Waals surface area contributed by atoms with Crippen molar-refractivity contribution < 1.29 is 4.74 Å². The second kappa shape index (κ2) is 7.69. The molecule has 0 unspecified atom stereocenters. The summed E-state index contributed by atoms with van der Waals surface area (Å²) in [5, 5.41) is 2.15. The van der Waals surface area contributed by atoms with Crippen LogP contribution >= 0.6 is 0 Å². The van der Waals surface area contributed by atoms with E-state index in [1.807, 2.05) is 18.3 Å². The molecule has 4 heteroatoms. The lowest BCUT2D eigenvalue weighted by atomic mass is 10.0. The quantitative estimate of drug-likeness (QED) is 0.383. The zero-order valence-electron chi connectivity index (χ0n) is 16.0. The van der Waals surface area contributed by atoms with Crippen molar-refractivity contribution >= 4 is 27.6 Å². The van der Waals surface area contributed by atoms with E-state index in [1.54, 1.807) is 6.08 Å². The third-order valence-electron chi connectivity index (χ3n) is 4.86. The largest absolute Gasteiger partial charge is 0.490 e. The van der Waals surface area contributed by atoms with Crippen molar-refractivity contribution in [3.63, 3.8) is 0 Å². The SMILES string of the molecule is C=CCOc1ccc(CCc2cnc3c(N)nc4cc(C)ccc4c3c2)cc1. The minimum atomic E-state index is 0.481. The molecule has 0 amide bonds. The predicted octanol–water partition coefficient (Wildman–Crippen LogP) is 5.02. The molecule has 2 aromatic heterocycles. The fourth-order valence-corrected chi connectivity index (χ4v) is 3.39. The summed E-state index contributed by atoms with van der Waals surface area (Å²) in [6.45, 7) is 6.24. The van der Waals surface area contributed by atoms with Crippen LogP contribution in [0.15, 0.2) is 67.4 Å². The number of anilines is 1. The number of nitrogens with two attached hydrogens (primary N) is 1. The van der Waals surface area contributed by atoms with Gasteiger partial charge >= 0.3 is 0 Å². The van der Waals surface area contributed by atoms with Gasteiger partial charge in [-0.25, -0.2) is 4.98 Å². The van der Waals surface area contributed by atoms with E-state index in [0.717, 1.165) is 40.4 Å². The third kappa shape index (κ3) is 3.67. The minimum absolute atomic E-state index is 0.481. The van der Waals surface area contributed by atoms with Gasteiger partial charge in [0.05, 0.1) is 5.52 Å². The van der Waals surface area contributed by atoms with Gasteiger partial charge in [-0.15, -0.1) is 0 Å². The summed E-state index contributed by atoms with van der Waals surface area (Å²) in [6, 6.07) is 16.7. The Morgan fingerprint density at radius 1 is 1.00 bits per heavy atom. The van der Waals surface area contributed by atoms with Gasteiger partial charge < -0.3 is 10.5 Å². The van der Waals surface area contributed by atoms with E-state index in [0.29, 0.717) is 12.4 Å². The highest BCUT2D eigenvalue weighted by molar-refractivity contribution is 6.08. The van der Waals surface area contributed by atoms with Crippen molar-refractivity contribution in [2.75, 3.05) is 12.3 Å². The maximum Gasteiger partial charge on any atom is 0.150 e. The molecule has 0 spiro atoms. The maximum atomic E-state index is 6.14. The highest BCUT2D eigenvalue weighted by Gasteiger charge is 2.09. The minimum Gasteiger partial charge on any atom is -0.490 e. The molecule has 0 saturated heterocycles. The van der Waals surface area contributed by atoms with Crippen molar-refractivity contribution in [3.05, 3.63) is 84.1 Å². The first kappa shape index (κ1) is 18.0. The Hall–Kier alpha value is -3.40. The Morgan fingerprint density at radius 2 is 1.79 bits per heavy atom. The molecule has 28 heavy (non-hydrogen) atoms. The van der Waals surface area contributed by atoms with E-state index >= 15 is 0 Å². The first-order chi connectivity index (χ1) is 13.6. The lowest BCUT2D eigenvalue weighted by molar-refractivity contribution is 0.363. The zero-order chi connectivity index (χ0) is 19.5. The first-order valence-electron chi connectivity index (χ1n) is 9.41. The van der Waals surface area contributed by atoms with Crippen LogP contribution in [0.2, 0.25) is 0 Å². The first-order valence-corrected chi connectivity index (χ1v) is 9.41. The van der Waals surface area contributed by atoms with E-state index in [4.69, 9.17) is 10.5 Å². The van der Waals surface area contributed by atoms with E-state index in [1.165, 1.54) is 16.7 Å². The van der Waals surface area contributed by atoms with Crippen molar-refractivity contribution in [2.45, 2.75) is 19.8 Å². The number of pyridine rings is 2. The fourth-order valence-electron chi connectivity index (χ4n) is 3.39. The van der Waals surface area contributed by atoms with Crippen LogP contribution in [0.1, 0.15) is 16.7 Å². The number of benzene rings is 2. The van der Waals surface area contributed by atoms with Crippen LogP contribution in [-0.4, -0.2) is 16.6 Å². The Balaban J connectivity index is 1.59. The predicted molar refractivity (Wildman–Crippen MR) is 116 cm³/mol. The summed E-state index contributed by atoms with van der Waals surface area (Å²) in [4.78, 5) is 9.11.